The van der Waals surface area contributed by atoms with Crippen molar-refractivity contribution in [2.45, 2.75) is 40.2 Å². The van der Waals surface area contributed by atoms with Crippen molar-refractivity contribution in [3.8, 4) is 0 Å². The van der Waals surface area contributed by atoms with Crippen molar-refractivity contribution in [1.82, 2.24) is 10.3 Å². The fourth-order valence-corrected chi connectivity index (χ4v) is 1.94. The van der Waals surface area contributed by atoms with Gasteiger partial charge >= 0.3 is 0 Å². The average Bonchev–Trinajstić information content (AvgIpc) is 2.37. The molecule has 0 bridgehead atoms. The maximum Gasteiger partial charge on any atom is 0.0499 e. The molecular formula is C14H24N2O. The maximum atomic E-state index is 9.48. The molecule has 0 aliphatic rings. The number of aromatic nitrogens is 1. The molecule has 0 atom stereocenters. The topological polar surface area (TPSA) is 45.1 Å². The molecule has 1 aromatic heterocycles. The number of nitrogens with one attached hydrogen (secondary N) is 1. The quantitative estimate of drug-likeness (QED) is 0.763. The molecule has 0 spiro atoms. The second-order valence-electron chi connectivity index (χ2n) is 4.77. The minimum Gasteiger partial charge on any atom is -0.396 e. The Morgan fingerprint density at radius 1 is 1.35 bits per heavy atom. The van der Waals surface area contributed by atoms with Crippen LogP contribution in [0.5, 0.6) is 0 Å². The van der Waals surface area contributed by atoms with Crippen molar-refractivity contribution in [3.05, 3.63) is 29.6 Å². The minimum atomic E-state index is 0.0287. The largest absolute Gasteiger partial charge is 0.396 e. The van der Waals surface area contributed by atoms with E-state index in [2.05, 4.69) is 31.1 Å². The summed E-state index contributed by atoms with van der Waals surface area (Å²) in [5.41, 5.74) is 2.52. The molecule has 1 rings (SSSR count). The van der Waals surface area contributed by atoms with Gasteiger partial charge in [0.25, 0.3) is 0 Å². The summed E-state index contributed by atoms with van der Waals surface area (Å²) in [4.78, 5) is 4.08. The summed E-state index contributed by atoms with van der Waals surface area (Å²) in [5, 5.41) is 12.9. The molecule has 0 aliphatic heterocycles. The normalized spacial score (nSPS) is 11.8. The zero-order chi connectivity index (χ0) is 12.7. The third-order valence-corrected chi connectivity index (χ3v) is 3.79. The number of aliphatic hydroxyl groups is 1. The Morgan fingerprint density at radius 3 is 2.59 bits per heavy atom. The SMILES string of the molecule is CCC(CC)(CO)CNCc1ccncc1C. The molecule has 3 heteroatoms. The molecule has 0 fully saturated rings. The number of nitrogens with zero attached hydrogens (tertiary/aromatic N) is 1. The first-order chi connectivity index (χ1) is 8.17. The van der Waals surface area contributed by atoms with Crippen LogP contribution in [0.2, 0.25) is 0 Å². The molecule has 1 aromatic rings. The van der Waals surface area contributed by atoms with Gasteiger partial charge in [0.15, 0.2) is 0 Å². The summed E-state index contributed by atoms with van der Waals surface area (Å²) < 4.78 is 0. The van der Waals surface area contributed by atoms with Gasteiger partial charge in [-0.3, -0.25) is 4.98 Å². The Balaban J connectivity index is 2.49. The number of rotatable bonds is 7. The second-order valence-corrected chi connectivity index (χ2v) is 4.77. The smallest absolute Gasteiger partial charge is 0.0499 e. The van der Waals surface area contributed by atoms with Crippen LogP contribution in [0.15, 0.2) is 18.5 Å². The summed E-state index contributed by atoms with van der Waals surface area (Å²) in [6.07, 6.45) is 5.71. The Hall–Kier alpha value is -0.930. The predicted octanol–water partition coefficient (Wildman–Crippen LogP) is 2.28. The molecule has 3 nitrogen and oxygen atoms in total. The summed E-state index contributed by atoms with van der Waals surface area (Å²) >= 11 is 0. The molecule has 0 saturated carbocycles. The van der Waals surface area contributed by atoms with Gasteiger partial charge in [0, 0.05) is 37.5 Å². The summed E-state index contributed by atoms with van der Waals surface area (Å²) in [7, 11) is 0. The van der Waals surface area contributed by atoms with Gasteiger partial charge in [-0.05, 0) is 37.0 Å². The Labute approximate surface area is 104 Å². The van der Waals surface area contributed by atoms with E-state index in [0.717, 1.165) is 25.9 Å². The summed E-state index contributed by atoms with van der Waals surface area (Å²) in [6, 6.07) is 2.04. The number of aryl methyl sites for hydroxylation is 1. The number of hydrogen-bond acceptors (Lipinski definition) is 3. The minimum absolute atomic E-state index is 0.0287. The second kappa shape index (κ2) is 6.72. The Bertz CT molecular complexity index is 326. The van der Waals surface area contributed by atoms with E-state index in [1.165, 1.54) is 11.1 Å². The van der Waals surface area contributed by atoms with E-state index in [9.17, 15) is 5.11 Å². The molecule has 0 radical (unpaired) electrons. The van der Waals surface area contributed by atoms with E-state index >= 15 is 0 Å². The number of hydrogen-bond donors (Lipinski definition) is 2. The molecule has 0 amide bonds. The van der Waals surface area contributed by atoms with E-state index in [4.69, 9.17) is 0 Å². The first-order valence-corrected chi connectivity index (χ1v) is 6.38. The van der Waals surface area contributed by atoms with Crippen molar-refractivity contribution in [2.24, 2.45) is 5.41 Å². The van der Waals surface area contributed by atoms with Crippen molar-refractivity contribution in [3.63, 3.8) is 0 Å². The standard InChI is InChI=1S/C14H24N2O/c1-4-14(5-2,11-17)10-16-9-13-6-7-15-8-12(13)3/h6-8,16-17H,4-5,9-11H2,1-3H3. The lowest BCUT2D eigenvalue weighted by Crippen LogP contribution is -2.36. The van der Waals surface area contributed by atoms with Crippen molar-refractivity contribution in [1.29, 1.82) is 0 Å². The first-order valence-electron chi connectivity index (χ1n) is 6.38. The molecular weight excluding hydrogens is 212 g/mol. The van der Waals surface area contributed by atoms with Crippen LogP contribution < -0.4 is 5.32 Å². The number of aliphatic hydroxyl groups excluding tert-OH is 1. The fourth-order valence-electron chi connectivity index (χ4n) is 1.94. The average molecular weight is 236 g/mol. The first kappa shape index (κ1) is 14.1. The molecule has 96 valence electrons. The highest BCUT2D eigenvalue weighted by Gasteiger charge is 2.24. The van der Waals surface area contributed by atoms with Crippen LogP contribution in [0, 0.1) is 12.3 Å². The Morgan fingerprint density at radius 2 is 2.06 bits per heavy atom. The van der Waals surface area contributed by atoms with Crippen LogP contribution in [-0.2, 0) is 6.54 Å². The zero-order valence-corrected chi connectivity index (χ0v) is 11.2. The van der Waals surface area contributed by atoms with Crippen LogP contribution >= 0.6 is 0 Å². The molecule has 0 saturated heterocycles. The molecule has 17 heavy (non-hydrogen) atoms. The highest BCUT2D eigenvalue weighted by molar-refractivity contribution is 5.21. The van der Waals surface area contributed by atoms with Gasteiger partial charge < -0.3 is 10.4 Å². The van der Waals surface area contributed by atoms with Crippen LogP contribution in [0.3, 0.4) is 0 Å². The van der Waals surface area contributed by atoms with Gasteiger partial charge in [-0.2, -0.15) is 0 Å². The monoisotopic (exact) mass is 236 g/mol. The highest BCUT2D eigenvalue weighted by Crippen LogP contribution is 2.24. The van der Waals surface area contributed by atoms with Gasteiger partial charge in [-0.25, -0.2) is 0 Å². The van der Waals surface area contributed by atoms with Crippen LogP contribution in [0.1, 0.15) is 37.8 Å². The number of pyridine rings is 1. The van der Waals surface area contributed by atoms with Gasteiger partial charge in [-0.1, -0.05) is 13.8 Å². The van der Waals surface area contributed by atoms with E-state index in [-0.39, 0.29) is 12.0 Å². The van der Waals surface area contributed by atoms with Gasteiger partial charge in [0.1, 0.15) is 0 Å². The van der Waals surface area contributed by atoms with E-state index in [1.807, 2.05) is 18.5 Å². The lowest BCUT2D eigenvalue weighted by atomic mass is 9.83. The molecule has 1 heterocycles. The molecule has 2 N–H and O–H groups in total. The van der Waals surface area contributed by atoms with E-state index in [0.29, 0.717) is 0 Å². The summed E-state index contributed by atoms with van der Waals surface area (Å²) in [6.45, 7) is 8.30. The van der Waals surface area contributed by atoms with Crippen LogP contribution in [0.4, 0.5) is 0 Å². The van der Waals surface area contributed by atoms with E-state index < -0.39 is 0 Å². The maximum absolute atomic E-state index is 9.48. The van der Waals surface area contributed by atoms with Gasteiger partial charge in [0.05, 0.1) is 0 Å². The Kier molecular flexibility index (Phi) is 5.59. The lowest BCUT2D eigenvalue weighted by molar-refractivity contribution is 0.113. The van der Waals surface area contributed by atoms with Crippen molar-refractivity contribution >= 4 is 0 Å². The predicted molar refractivity (Wildman–Crippen MR) is 70.8 cm³/mol. The third kappa shape index (κ3) is 3.79. The van der Waals surface area contributed by atoms with Crippen molar-refractivity contribution < 1.29 is 5.11 Å². The lowest BCUT2D eigenvalue weighted by Gasteiger charge is -2.29. The van der Waals surface area contributed by atoms with Crippen molar-refractivity contribution in [2.75, 3.05) is 13.2 Å². The van der Waals surface area contributed by atoms with E-state index in [1.54, 1.807) is 0 Å². The third-order valence-electron chi connectivity index (χ3n) is 3.79. The summed E-state index contributed by atoms with van der Waals surface area (Å²) in [5.74, 6) is 0. The van der Waals surface area contributed by atoms with Gasteiger partial charge in [0.2, 0.25) is 0 Å². The zero-order valence-electron chi connectivity index (χ0n) is 11.2. The molecule has 0 aromatic carbocycles. The molecule has 0 unspecified atom stereocenters. The van der Waals surface area contributed by atoms with Crippen LogP contribution in [-0.4, -0.2) is 23.2 Å². The molecule has 0 aliphatic carbocycles. The van der Waals surface area contributed by atoms with Crippen LogP contribution in [0.25, 0.3) is 0 Å². The highest BCUT2D eigenvalue weighted by atomic mass is 16.3. The van der Waals surface area contributed by atoms with Gasteiger partial charge in [-0.15, -0.1) is 0 Å². The fraction of sp³-hybridized carbons (Fsp3) is 0.643.